The van der Waals surface area contributed by atoms with Crippen molar-refractivity contribution in [2.24, 2.45) is 0 Å². The first-order valence-corrected chi connectivity index (χ1v) is 7.96. The molecule has 0 aromatic heterocycles. The molecule has 0 fully saturated rings. The fourth-order valence-electron chi connectivity index (χ4n) is 1.68. The highest BCUT2D eigenvalue weighted by Crippen LogP contribution is 2.25. The van der Waals surface area contributed by atoms with Gasteiger partial charge in [-0.25, -0.2) is 0 Å². The molecule has 2 amide bonds. The number of hydrogen-bond donors (Lipinski definition) is 2. The lowest BCUT2D eigenvalue weighted by Crippen LogP contribution is -2.46. The van der Waals surface area contributed by atoms with Crippen molar-refractivity contribution in [3.63, 3.8) is 0 Å². The average Bonchev–Trinajstić information content (AvgIpc) is 2.43. The van der Waals surface area contributed by atoms with Gasteiger partial charge in [0.05, 0.1) is 16.7 Å². The maximum atomic E-state index is 12.0. The number of non-ortho nitro benzene ring substituents is 1. The largest absolute Gasteiger partial charge is 0.350 e. The predicted octanol–water partition coefficient (Wildman–Crippen LogP) is 2.11. The number of thioether (sulfide) groups is 1. The summed E-state index contributed by atoms with van der Waals surface area (Å²) >= 11 is 1.27. The van der Waals surface area contributed by atoms with E-state index in [1.54, 1.807) is 19.1 Å². The molecule has 0 aliphatic rings. The third kappa shape index (κ3) is 7.14. The van der Waals surface area contributed by atoms with Gasteiger partial charge in [0.2, 0.25) is 11.8 Å². The van der Waals surface area contributed by atoms with Gasteiger partial charge in [-0.3, -0.25) is 19.7 Å². The minimum absolute atomic E-state index is 0.00491. The van der Waals surface area contributed by atoms with Gasteiger partial charge in [-0.05, 0) is 39.8 Å². The van der Waals surface area contributed by atoms with E-state index >= 15 is 0 Å². The fraction of sp³-hybridized carbons (Fsp3) is 0.467. The Morgan fingerprint density at radius 1 is 1.26 bits per heavy atom. The first-order valence-electron chi connectivity index (χ1n) is 7.08. The van der Waals surface area contributed by atoms with E-state index in [0.717, 1.165) is 4.90 Å². The molecule has 0 aliphatic carbocycles. The zero-order chi connectivity index (χ0) is 17.6. The van der Waals surface area contributed by atoms with E-state index in [9.17, 15) is 19.7 Å². The van der Waals surface area contributed by atoms with Crippen LogP contribution < -0.4 is 10.6 Å². The summed E-state index contributed by atoms with van der Waals surface area (Å²) in [5.74, 6) is -0.518. The molecule has 126 valence electrons. The number of rotatable bonds is 6. The van der Waals surface area contributed by atoms with Crippen LogP contribution in [-0.4, -0.2) is 34.1 Å². The predicted molar refractivity (Wildman–Crippen MR) is 89.3 cm³/mol. The van der Waals surface area contributed by atoms with E-state index in [1.807, 2.05) is 20.8 Å². The van der Waals surface area contributed by atoms with Crippen LogP contribution >= 0.6 is 11.8 Å². The highest BCUT2D eigenvalue weighted by Gasteiger charge is 2.18. The van der Waals surface area contributed by atoms with E-state index in [0.29, 0.717) is 0 Å². The number of carbonyl (C=O) groups excluding carboxylic acids is 2. The van der Waals surface area contributed by atoms with Crippen molar-refractivity contribution >= 4 is 29.3 Å². The molecule has 0 heterocycles. The van der Waals surface area contributed by atoms with E-state index in [1.165, 1.54) is 23.9 Å². The van der Waals surface area contributed by atoms with Crippen molar-refractivity contribution in [2.45, 2.75) is 43.4 Å². The van der Waals surface area contributed by atoms with Crippen LogP contribution in [0.4, 0.5) is 5.69 Å². The van der Waals surface area contributed by atoms with Crippen molar-refractivity contribution in [2.75, 3.05) is 6.54 Å². The topological polar surface area (TPSA) is 101 Å². The smallest absolute Gasteiger partial charge is 0.269 e. The molecule has 1 atom stereocenters. The van der Waals surface area contributed by atoms with Crippen LogP contribution in [0.5, 0.6) is 0 Å². The molecule has 1 rings (SSSR count). The van der Waals surface area contributed by atoms with E-state index in [2.05, 4.69) is 10.6 Å². The molecule has 2 N–H and O–H groups in total. The maximum absolute atomic E-state index is 12.0. The molecule has 1 unspecified atom stereocenters. The van der Waals surface area contributed by atoms with Gasteiger partial charge in [0.25, 0.3) is 5.69 Å². The van der Waals surface area contributed by atoms with Crippen LogP contribution in [0.2, 0.25) is 0 Å². The van der Waals surface area contributed by atoms with E-state index in [4.69, 9.17) is 0 Å². The lowest BCUT2D eigenvalue weighted by Gasteiger charge is -2.21. The minimum atomic E-state index is -0.474. The van der Waals surface area contributed by atoms with Gasteiger partial charge in [-0.1, -0.05) is 0 Å². The van der Waals surface area contributed by atoms with Gasteiger partial charge in [-0.15, -0.1) is 11.8 Å². The number of benzene rings is 1. The second-order valence-corrected chi connectivity index (χ2v) is 7.44. The summed E-state index contributed by atoms with van der Waals surface area (Å²) in [5, 5.41) is 15.5. The molecule has 0 saturated heterocycles. The number of carbonyl (C=O) groups is 2. The maximum Gasteiger partial charge on any atom is 0.269 e. The van der Waals surface area contributed by atoms with Gasteiger partial charge in [0.15, 0.2) is 0 Å². The molecular formula is C15H21N3O4S. The Morgan fingerprint density at radius 3 is 2.30 bits per heavy atom. The third-order valence-electron chi connectivity index (χ3n) is 2.67. The summed E-state index contributed by atoms with van der Waals surface area (Å²) < 4.78 is 0. The fourth-order valence-corrected chi connectivity index (χ4v) is 2.57. The van der Waals surface area contributed by atoms with Gasteiger partial charge in [-0.2, -0.15) is 0 Å². The van der Waals surface area contributed by atoms with Crippen LogP contribution in [0.1, 0.15) is 27.7 Å². The van der Waals surface area contributed by atoms with E-state index in [-0.39, 0.29) is 29.6 Å². The van der Waals surface area contributed by atoms with Crippen molar-refractivity contribution in [1.82, 2.24) is 10.6 Å². The van der Waals surface area contributed by atoms with Crippen molar-refractivity contribution < 1.29 is 14.5 Å². The first kappa shape index (κ1) is 19.0. The summed E-state index contributed by atoms with van der Waals surface area (Å²) in [6.45, 7) is 7.21. The van der Waals surface area contributed by atoms with E-state index < -0.39 is 10.2 Å². The van der Waals surface area contributed by atoms with Crippen LogP contribution in [0.15, 0.2) is 29.2 Å². The van der Waals surface area contributed by atoms with Crippen LogP contribution in [0.3, 0.4) is 0 Å². The number of hydrogen-bond acceptors (Lipinski definition) is 5. The van der Waals surface area contributed by atoms with Crippen molar-refractivity contribution in [3.8, 4) is 0 Å². The standard InChI is InChI=1S/C15H21N3O4S/c1-10(14(20)16-9-13(19)17-15(2,3)4)23-12-7-5-11(6-8-12)18(21)22/h5-8,10H,9H2,1-4H3,(H,16,20)(H,17,19). The number of amides is 2. The SMILES string of the molecule is CC(Sc1ccc([N+](=O)[O-])cc1)C(=O)NCC(=O)NC(C)(C)C. The van der Waals surface area contributed by atoms with Crippen molar-refractivity contribution in [3.05, 3.63) is 34.4 Å². The Bertz CT molecular complexity index is 581. The zero-order valence-corrected chi connectivity index (χ0v) is 14.4. The molecule has 23 heavy (non-hydrogen) atoms. The molecule has 0 bridgehead atoms. The molecule has 1 aromatic rings. The minimum Gasteiger partial charge on any atom is -0.350 e. The Labute approximate surface area is 139 Å². The summed E-state index contributed by atoms with van der Waals surface area (Å²) in [4.78, 5) is 34.5. The highest BCUT2D eigenvalue weighted by molar-refractivity contribution is 8.00. The lowest BCUT2D eigenvalue weighted by molar-refractivity contribution is -0.384. The monoisotopic (exact) mass is 339 g/mol. The molecule has 8 heteroatoms. The van der Waals surface area contributed by atoms with Gasteiger partial charge >= 0.3 is 0 Å². The Balaban J connectivity index is 2.47. The second kappa shape index (κ2) is 7.96. The molecule has 0 radical (unpaired) electrons. The quantitative estimate of drug-likeness (QED) is 0.469. The number of nitro groups is 1. The third-order valence-corrected chi connectivity index (χ3v) is 3.78. The number of nitrogens with one attached hydrogen (secondary N) is 2. The second-order valence-electron chi connectivity index (χ2n) is 6.03. The number of nitrogens with zero attached hydrogens (tertiary/aromatic N) is 1. The Kier molecular flexibility index (Phi) is 6.56. The van der Waals surface area contributed by atoms with Crippen molar-refractivity contribution in [1.29, 1.82) is 0 Å². The van der Waals surface area contributed by atoms with Gasteiger partial charge in [0.1, 0.15) is 0 Å². The highest BCUT2D eigenvalue weighted by atomic mass is 32.2. The first-order chi connectivity index (χ1) is 10.6. The normalized spacial score (nSPS) is 12.3. The van der Waals surface area contributed by atoms with Crippen LogP contribution in [0, 0.1) is 10.1 Å². The summed E-state index contributed by atoms with van der Waals surface area (Å²) in [6, 6.07) is 5.98. The van der Waals surface area contributed by atoms with Gasteiger partial charge in [0, 0.05) is 22.6 Å². The summed E-state index contributed by atoms with van der Waals surface area (Å²) in [6.07, 6.45) is 0. The van der Waals surface area contributed by atoms with Crippen LogP contribution in [0.25, 0.3) is 0 Å². The number of nitro benzene ring substituents is 1. The zero-order valence-electron chi connectivity index (χ0n) is 13.6. The Hall–Kier alpha value is -2.09. The molecule has 0 saturated carbocycles. The molecule has 1 aromatic carbocycles. The Morgan fingerprint density at radius 2 is 1.83 bits per heavy atom. The molecule has 0 spiro atoms. The lowest BCUT2D eigenvalue weighted by atomic mass is 10.1. The molecule has 7 nitrogen and oxygen atoms in total. The molecular weight excluding hydrogens is 318 g/mol. The van der Waals surface area contributed by atoms with Gasteiger partial charge < -0.3 is 10.6 Å². The molecule has 0 aliphatic heterocycles. The van der Waals surface area contributed by atoms with Crippen LogP contribution in [-0.2, 0) is 9.59 Å². The average molecular weight is 339 g/mol. The summed E-state index contributed by atoms with van der Waals surface area (Å²) in [5.41, 5.74) is -0.341. The summed E-state index contributed by atoms with van der Waals surface area (Å²) in [7, 11) is 0.